The molecule has 1 fully saturated rings. The lowest BCUT2D eigenvalue weighted by Crippen LogP contribution is -2.37. The monoisotopic (exact) mass is 281 g/mol. The number of Topliss-reactive ketones (excluding diaryl/α,β-unsaturated/α-hetero) is 1. The van der Waals surface area contributed by atoms with E-state index in [9.17, 15) is 4.79 Å². The van der Waals surface area contributed by atoms with Gasteiger partial charge in [0.1, 0.15) is 0 Å². The van der Waals surface area contributed by atoms with Crippen molar-refractivity contribution in [3.05, 3.63) is 60.2 Å². The summed E-state index contributed by atoms with van der Waals surface area (Å²) in [4.78, 5) is 16.2. The van der Waals surface area contributed by atoms with Gasteiger partial charge in [-0.15, -0.1) is 0 Å². The molecule has 0 spiro atoms. The molecular weight excluding hydrogens is 260 g/mol. The predicted octanol–water partition coefficient (Wildman–Crippen LogP) is 3.30. The SMILES string of the molecule is O=C(C[n+]1ccncc1)c1ccc(C2CCCCC2)cc1. The molecule has 0 aliphatic heterocycles. The summed E-state index contributed by atoms with van der Waals surface area (Å²) in [5, 5.41) is 0. The van der Waals surface area contributed by atoms with Gasteiger partial charge in [0.15, 0.2) is 12.4 Å². The highest BCUT2D eigenvalue weighted by atomic mass is 16.1. The van der Waals surface area contributed by atoms with E-state index in [2.05, 4.69) is 17.1 Å². The third-order valence-electron chi connectivity index (χ3n) is 4.32. The number of hydrogen-bond donors (Lipinski definition) is 0. The molecule has 0 unspecified atom stereocenters. The highest BCUT2D eigenvalue weighted by Crippen LogP contribution is 2.32. The smallest absolute Gasteiger partial charge is 0.227 e. The maximum Gasteiger partial charge on any atom is 0.227 e. The second-order valence-corrected chi connectivity index (χ2v) is 5.80. The van der Waals surface area contributed by atoms with Gasteiger partial charge < -0.3 is 0 Å². The molecule has 1 aromatic heterocycles. The average Bonchev–Trinajstić information content (AvgIpc) is 2.57. The van der Waals surface area contributed by atoms with E-state index in [4.69, 9.17) is 0 Å². The normalized spacial score (nSPS) is 15.8. The van der Waals surface area contributed by atoms with Gasteiger partial charge in [0.25, 0.3) is 0 Å². The van der Waals surface area contributed by atoms with Crippen LogP contribution in [-0.2, 0) is 6.54 Å². The minimum atomic E-state index is 0.140. The molecule has 0 N–H and O–H groups in total. The Hall–Kier alpha value is -2.03. The van der Waals surface area contributed by atoms with Gasteiger partial charge in [-0.2, -0.15) is 4.57 Å². The fourth-order valence-corrected chi connectivity index (χ4v) is 3.09. The van der Waals surface area contributed by atoms with Crippen LogP contribution in [0.5, 0.6) is 0 Å². The number of carbonyl (C=O) groups is 1. The van der Waals surface area contributed by atoms with Crippen molar-refractivity contribution in [3.8, 4) is 0 Å². The molecule has 1 saturated carbocycles. The maximum absolute atomic E-state index is 12.3. The predicted molar refractivity (Wildman–Crippen MR) is 81.0 cm³/mol. The lowest BCUT2D eigenvalue weighted by atomic mass is 9.84. The molecule has 3 nitrogen and oxygen atoms in total. The summed E-state index contributed by atoms with van der Waals surface area (Å²) < 4.78 is 1.85. The maximum atomic E-state index is 12.3. The second-order valence-electron chi connectivity index (χ2n) is 5.80. The van der Waals surface area contributed by atoms with E-state index in [0.717, 1.165) is 5.56 Å². The van der Waals surface area contributed by atoms with Gasteiger partial charge in [0, 0.05) is 5.56 Å². The van der Waals surface area contributed by atoms with E-state index < -0.39 is 0 Å². The Bertz CT molecular complexity index is 586. The molecule has 1 heterocycles. The Kier molecular flexibility index (Phi) is 4.39. The largest absolute Gasteiger partial charge is 0.287 e. The summed E-state index contributed by atoms with van der Waals surface area (Å²) in [5.74, 6) is 0.832. The zero-order valence-corrected chi connectivity index (χ0v) is 12.2. The Morgan fingerprint density at radius 2 is 1.71 bits per heavy atom. The molecule has 0 amide bonds. The van der Waals surface area contributed by atoms with Crippen LogP contribution in [-0.4, -0.2) is 10.8 Å². The Balaban J connectivity index is 1.67. The number of hydrogen-bond acceptors (Lipinski definition) is 2. The van der Waals surface area contributed by atoms with E-state index in [1.807, 2.05) is 29.1 Å². The first-order valence-corrected chi connectivity index (χ1v) is 7.75. The first-order valence-electron chi connectivity index (χ1n) is 7.75. The van der Waals surface area contributed by atoms with Crippen molar-refractivity contribution >= 4 is 5.78 Å². The molecule has 1 aliphatic rings. The van der Waals surface area contributed by atoms with Crippen LogP contribution in [0.25, 0.3) is 0 Å². The van der Waals surface area contributed by atoms with Crippen LogP contribution in [0, 0.1) is 0 Å². The average molecular weight is 281 g/mol. The van der Waals surface area contributed by atoms with E-state index in [0.29, 0.717) is 12.5 Å². The van der Waals surface area contributed by atoms with Gasteiger partial charge in [0.05, 0.1) is 12.4 Å². The molecule has 21 heavy (non-hydrogen) atoms. The van der Waals surface area contributed by atoms with Crippen molar-refractivity contribution in [2.45, 2.75) is 44.6 Å². The molecule has 0 saturated heterocycles. The lowest BCUT2D eigenvalue weighted by Gasteiger charge is -2.21. The quantitative estimate of drug-likeness (QED) is 0.636. The Morgan fingerprint density at radius 3 is 2.38 bits per heavy atom. The van der Waals surface area contributed by atoms with Gasteiger partial charge in [-0.3, -0.25) is 9.78 Å². The summed E-state index contributed by atoms with van der Waals surface area (Å²) in [5.41, 5.74) is 2.18. The third kappa shape index (κ3) is 3.54. The second kappa shape index (κ2) is 6.61. The molecule has 2 aromatic rings. The van der Waals surface area contributed by atoms with Crippen LogP contribution < -0.4 is 4.57 Å². The van der Waals surface area contributed by atoms with E-state index >= 15 is 0 Å². The molecular formula is C18H21N2O+. The fourth-order valence-electron chi connectivity index (χ4n) is 3.09. The molecule has 0 atom stereocenters. The molecule has 1 aromatic carbocycles. The van der Waals surface area contributed by atoms with Gasteiger partial charge in [0.2, 0.25) is 12.3 Å². The third-order valence-corrected chi connectivity index (χ3v) is 4.32. The number of benzene rings is 1. The number of ketones is 1. The molecule has 0 radical (unpaired) electrons. The number of aromatic nitrogens is 2. The van der Waals surface area contributed by atoms with Crippen LogP contribution in [0.4, 0.5) is 0 Å². The van der Waals surface area contributed by atoms with E-state index in [-0.39, 0.29) is 5.78 Å². The Morgan fingerprint density at radius 1 is 1.05 bits per heavy atom. The van der Waals surface area contributed by atoms with Crippen LogP contribution in [0.1, 0.15) is 53.9 Å². The number of nitrogens with zero attached hydrogens (tertiary/aromatic N) is 2. The highest BCUT2D eigenvalue weighted by molar-refractivity contribution is 5.95. The van der Waals surface area contributed by atoms with Gasteiger partial charge in [-0.05, 0) is 24.3 Å². The van der Waals surface area contributed by atoms with Crippen LogP contribution in [0.15, 0.2) is 49.1 Å². The standard InChI is InChI=1S/C18H21N2O/c21-18(14-20-12-10-19-11-13-20)17-8-6-16(7-9-17)15-4-2-1-3-5-15/h6-13,15H,1-5,14H2/q+1. The number of carbonyl (C=O) groups excluding carboxylic acids is 1. The molecule has 0 bridgehead atoms. The van der Waals surface area contributed by atoms with Crippen LogP contribution in [0.2, 0.25) is 0 Å². The zero-order valence-electron chi connectivity index (χ0n) is 12.2. The summed E-state index contributed by atoms with van der Waals surface area (Å²) >= 11 is 0. The van der Waals surface area contributed by atoms with Gasteiger partial charge >= 0.3 is 0 Å². The summed E-state index contributed by atoms with van der Waals surface area (Å²) in [6.07, 6.45) is 13.6. The summed E-state index contributed by atoms with van der Waals surface area (Å²) in [6, 6.07) is 8.24. The molecule has 3 rings (SSSR count). The fraction of sp³-hybridized carbons (Fsp3) is 0.389. The van der Waals surface area contributed by atoms with Crippen molar-refractivity contribution in [2.75, 3.05) is 0 Å². The first-order chi connectivity index (χ1) is 10.3. The molecule has 1 aliphatic carbocycles. The Labute approximate surface area is 125 Å². The van der Waals surface area contributed by atoms with Crippen LogP contribution >= 0.6 is 0 Å². The van der Waals surface area contributed by atoms with Crippen molar-refractivity contribution in [1.29, 1.82) is 0 Å². The molecule has 108 valence electrons. The molecule has 3 heteroatoms. The van der Waals surface area contributed by atoms with Gasteiger partial charge in [-0.1, -0.05) is 43.5 Å². The van der Waals surface area contributed by atoms with E-state index in [1.54, 1.807) is 12.4 Å². The van der Waals surface area contributed by atoms with Crippen molar-refractivity contribution in [3.63, 3.8) is 0 Å². The van der Waals surface area contributed by atoms with Crippen molar-refractivity contribution in [2.24, 2.45) is 0 Å². The van der Waals surface area contributed by atoms with Crippen molar-refractivity contribution in [1.82, 2.24) is 4.98 Å². The summed E-state index contributed by atoms with van der Waals surface area (Å²) in [7, 11) is 0. The van der Waals surface area contributed by atoms with Crippen molar-refractivity contribution < 1.29 is 9.36 Å². The minimum absolute atomic E-state index is 0.140. The highest BCUT2D eigenvalue weighted by Gasteiger charge is 2.16. The first kappa shape index (κ1) is 13.9. The lowest BCUT2D eigenvalue weighted by molar-refractivity contribution is -0.683. The summed E-state index contributed by atoms with van der Waals surface area (Å²) in [6.45, 7) is 0.366. The van der Waals surface area contributed by atoms with Gasteiger partial charge in [-0.25, -0.2) is 0 Å². The topological polar surface area (TPSA) is 33.8 Å². The zero-order chi connectivity index (χ0) is 14.5. The van der Waals surface area contributed by atoms with E-state index in [1.165, 1.54) is 37.7 Å². The minimum Gasteiger partial charge on any atom is -0.287 e. The number of rotatable bonds is 4. The van der Waals surface area contributed by atoms with Crippen LogP contribution in [0.3, 0.4) is 0 Å².